The lowest BCUT2D eigenvalue weighted by atomic mass is 10.1. The van der Waals surface area contributed by atoms with E-state index in [-0.39, 0.29) is 11.8 Å². The summed E-state index contributed by atoms with van der Waals surface area (Å²) >= 11 is 0. The number of carbonyl (C=O) groups is 2. The van der Waals surface area contributed by atoms with Gasteiger partial charge in [0.15, 0.2) is 0 Å². The minimum atomic E-state index is -0.219. The number of aryl methyl sites for hydroxylation is 2. The number of nitrogens with zero attached hydrogens (tertiary/aromatic N) is 1. The fraction of sp³-hybridized carbons (Fsp3) is 0.167. The molecule has 2 N–H and O–H groups in total. The van der Waals surface area contributed by atoms with Crippen molar-refractivity contribution in [2.75, 3.05) is 29.6 Å². The monoisotopic (exact) mass is 387 g/mol. The van der Waals surface area contributed by atoms with Crippen LogP contribution >= 0.6 is 0 Å². The molecular formula is C24H25N3O2. The molecule has 3 aromatic carbocycles. The van der Waals surface area contributed by atoms with Gasteiger partial charge in [0.1, 0.15) is 0 Å². The third-order valence-corrected chi connectivity index (χ3v) is 4.82. The molecule has 0 heterocycles. The Bertz CT molecular complexity index is 1020. The summed E-state index contributed by atoms with van der Waals surface area (Å²) in [6.45, 7) is 4.04. The van der Waals surface area contributed by atoms with E-state index in [1.807, 2.05) is 75.3 Å². The number of carbonyl (C=O) groups excluding carboxylic acids is 2. The molecule has 0 fully saturated rings. The summed E-state index contributed by atoms with van der Waals surface area (Å²) in [6.07, 6.45) is 0. The fourth-order valence-corrected chi connectivity index (χ4v) is 2.84. The minimum Gasteiger partial charge on any atom is -0.378 e. The minimum absolute atomic E-state index is 0.209. The van der Waals surface area contributed by atoms with Crippen molar-refractivity contribution < 1.29 is 9.59 Å². The standard InChI is InChI=1S/C24H25N3O2/c1-16-5-10-21(15-17(16)2)26-24(29)19-8-6-18(7-9-19)23(28)25-20-11-13-22(14-12-20)27(3)4/h5-15H,1-4H3,(H,25,28)(H,26,29). The Labute approximate surface area is 171 Å². The third kappa shape index (κ3) is 5.02. The van der Waals surface area contributed by atoms with Crippen molar-refractivity contribution in [3.8, 4) is 0 Å². The number of rotatable bonds is 5. The van der Waals surface area contributed by atoms with Crippen molar-refractivity contribution in [1.29, 1.82) is 0 Å². The first-order valence-electron chi connectivity index (χ1n) is 9.41. The number of hydrogen-bond donors (Lipinski definition) is 2. The predicted octanol–water partition coefficient (Wildman–Crippen LogP) is 4.87. The largest absolute Gasteiger partial charge is 0.378 e. The van der Waals surface area contributed by atoms with Crippen LogP contribution < -0.4 is 15.5 Å². The van der Waals surface area contributed by atoms with E-state index in [1.54, 1.807) is 24.3 Å². The molecule has 0 radical (unpaired) electrons. The fourth-order valence-electron chi connectivity index (χ4n) is 2.84. The summed E-state index contributed by atoms with van der Waals surface area (Å²) in [5.74, 6) is -0.428. The third-order valence-electron chi connectivity index (χ3n) is 4.82. The molecule has 2 amide bonds. The van der Waals surface area contributed by atoms with E-state index in [0.717, 1.165) is 22.6 Å². The topological polar surface area (TPSA) is 61.4 Å². The molecule has 0 spiro atoms. The molecule has 0 aliphatic rings. The van der Waals surface area contributed by atoms with Crippen LogP contribution in [0.4, 0.5) is 17.1 Å². The van der Waals surface area contributed by atoms with Gasteiger partial charge in [-0.2, -0.15) is 0 Å². The van der Waals surface area contributed by atoms with Crippen LogP contribution in [0.3, 0.4) is 0 Å². The summed E-state index contributed by atoms with van der Waals surface area (Å²) in [6, 6.07) is 20.0. The first-order valence-corrected chi connectivity index (χ1v) is 9.41. The zero-order valence-electron chi connectivity index (χ0n) is 17.1. The van der Waals surface area contributed by atoms with Crippen LogP contribution in [0, 0.1) is 13.8 Å². The molecule has 3 aromatic rings. The Kier molecular flexibility index (Phi) is 5.98. The Morgan fingerprint density at radius 3 is 1.62 bits per heavy atom. The summed E-state index contributed by atoms with van der Waals surface area (Å²) in [7, 11) is 3.93. The highest BCUT2D eigenvalue weighted by Gasteiger charge is 2.10. The van der Waals surface area contributed by atoms with E-state index in [9.17, 15) is 9.59 Å². The van der Waals surface area contributed by atoms with Crippen LogP contribution in [0.25, 0.3) is 0 Å². The van der Waals surface area contributed by atoms with Crippen LogP contribution in [-0.2, 0) is 0 Å². The van der Waals surface area contributed by atoms with Crippen LogP contribution in [-0.4, -0.2) is 25.9 Å². The second-order valence-corrected chi connectivity index (χ2v) is 7.23. The number of benzene rings is 3. The first kappa shape index (κ1) is 20.1. The van der Waals surface area contributed by atoms with Gasteiger partial charge in [0.25, 0.3) is 11.8 Å². The van der Waals surface area contributed by atoms with Gasteiger partial charge in [0.2, 0.25) is 0 Å². The average Bonchev–Trinajstić information content (AvgIpc) is 2.71. The lowest BCUT2D eigenvalue weighted by Gasteiger charge is -2.13. The molecule has 0 atom stereocenters. The smallest absolute Gasteiger partial charge is 0.255 e. The highest BCUT2D eigenvalue weighted by atomic mass is 16.2. The van der Waals surface area contributed by atoms with E-state index in [1.165, 1.54) is 5.56 Å². The Balaban J connectivity index is 1.64. The van der Waals surface area contributed by atoms with E-state index in [0.29, 0.717) is 11.1 Å². The summed E-state index contributed by atoms with van der Waals surface area (Å²) in [4.78, 5) is 26.9. The maximum atomic E-state index is 12.5. The Morgan fingerprint density at radius 1 is 0.655 bits per heavy atom. The highest BCUT2D eigenvalue weighted by molar-refractivity contribution is 6.07. The molecule has 0 aliphatic heterocycles. The van der Waals surface area contributed by atoms with Gasteiger partial charge in [-0.05, 0) is 85.6 Å². The van der Waals surface area contributed by atoms with Crippen molar-refractivity contribution >= 4 is 28.9 Å². The molecule has 148 valence electrons. The van der Waals surface area contributed by atoms with Crippen LogP contribution in [0.1, 0.15) is 31.8 Å². The van der Waals surface area contributed by atoms with Gasteiger partial charge in [0, 0.05) is 42.3 Å². The summed E-state index contributed by atoms with van der Waals surface area (Å²) in [5.41, 5.74) is 5.81. The molecule has 3 rings (SSSR count). The second kappa shape index (κ2) is 8.61. The van der Waals surface area contributed by atoms with Crippen molar-refractivity contribution in [2.45, 2.75) is 13.8 Å². The van der Waals surface area contributed by atoms with Crippen LogP contribution in [0.5, 0.6) is 0 Å². The SMILES string of the molecule is Cc1ccc(NC(=O)c2ccc(C(=O)Nc3ccc(N(C)C)cc3)cc2)cc1C. The molecule has 0 saturated heterocycles. The van der Waals surface area contributed by atoms with E-state index in [2.05, 4.69) is 10.6 Å². The lowest BCUT2D eigenvalue weighted by Crippen LogP contribution is -2.14. The molecule has 0 aromatic heterocycles. The lowest BCUT2D eigenvalue weighted by molar-refractivity contribution is 0.101. The van der Waals surface area contributed by atoms with Crippen molar-refractivity contribution in [2.24, 2.45) is 0 Å². The molecule has 0 aliphatic carbocycles. The zero-order valence-corrected chi connectivity index (χ0v) is 17.1. The number of anilines is 3. The average molecular weight is 387 g/mol. The number of nitrogens with one attached hydrogen (secondary N) is 2. The van der Waals surface area contributed by atoms with E-state index >= 15 is 0 Å². The van der Waals surface area contributed by atoms with Crippen molar-refractivity contribution in [1.82, 2.24) is 0 Å². The molecule has 5 nitrogen and oxygen atoms in total. The number of amides is 2. The maximum Gasteiger partial charge on any atom is 0.255 e. The molecule has 5 heteroatoms. The number of hydrogen-bond acceptors (Lipinski definition) is 3. The quantitative estimate of drug-likeness (QED) is 0.656. The van der Waals surface area contributed by atoms with Gasteiger partial charge in [0.05, 0.1) is 0 Å². The Morgan fingerprint density at radius 2 is 1.14 bits per heavy atom. The van der Waals surface area contributed by atoms with Gasteiger partial charge < -0.3 is 15.5 Å². The summed E-state index contributed by atoms with van der Waals surface area (Å²) < 4.78 is 0. The highest BCUT2D eigenvalue weighted by Crippen LogP contribution is 2.18. The normalized spacial score (nSPS) is 10.3. The van der Waals surface area contributed by atoms with Gasteiger partial charge in [-0.15, -0.1) is 0 Å². The van der Waals surface area contributed by atoms with Crippen molar-refractivity contribution in [3.63, 3.8) is 0 Å². The van der Waals surface area contributed by atoms with Gasteiger partial charge in [-0.25, -0.2) is 0 Å². The van der Waals surface area contributed by atoms with E-state index < -0.39 is 0 Å². The van der Waals surface area contributed by atoms with Crippen LogP contribution in [0.2, 0.25) is 0 Å². The summed E-state index contributed by atoms with van der Waals surface area (Å²) in [5, 5.41) is 5.75. The molecule has 0 unspecified atom stereocenters. The Hall–Kier alpha value is -3.60. The second-order valence-electron chi connectivity index (χ2n) is 7.23. The molecule has 0 saturated carbocycles. The predicted molar refractivity (Wildman–Crippen MR) is 119 cm³/mol. The zero-order chi connectivity index (χ0) is 21.0. The van der Waals surface area contributed by atoms with Gasteiger partial charge in [-0.1, -0.05) is 6.07 Å². The maximum absolute atomic E-state index is 12.5. The molecular weight excluding hydrogens is 362 g/mol. The van der Waals surface area contributed by atoms with Crippen LogP contribution in [0.15, 0.2) is 66.7 Å². The van der Waals surface area contributed by atoms with Gasteiger partial charge >= 0.3 is 0 Å². The van der Waals surface area contributed by atoms with E-state index in [4.69, 9.17) is 0 Å². The van der Waals surface area contributed by atoms with Crippen molar-refractivity contribution in [3.05, 3.63) is 89.0 Å². The molecule has 29 heavy (non-hydrogen) atoms. The van der Waals surface area contributed by atoms with Gasteiger partial charge in [-0.3, -0.25) is 9.59 Å². The first-order chi connectivity index (χ1) is 13.8. The molecule has 0 bridgehead atoms.